The van der Waals surface area contributed by atoms with Crippen LogP contribution in [0.1, 0.15) is 38.6 Å². The first-order chi connectivity index (χ1) is 9.63. The summed E-state index contributed by atoms with van der Waals surface area (Å²) in [7, 11) is 0. The van der Waals surface area contributed by atoms with Gasteiger partial charge in [0.25, 0.3) is 0 Å². The number of hydrogen-bond donors (Lipinski definition) is 1. The Labute approximate surface area is 123 Å². The largest absolute Gasteiger partial charge is 0.331 e. The molecule has 20 heavy (non-hydrogen) atoms. The molecule has 2 nitrogen and oxygen atoms in total. The molecule has 0 aliphatic heterocycles. The molecular weight excluding hydrogens is 271 g/mol. The third-order valence-corrected chi connectivity index (χ3v) is 5.80. The number of nitrogens with one attached hydrogen (secondary N) is 1. The van der Waals surface area contributed by atoms with Crippen LogP contribution in [0.2, 0.25) is 0 Å². The van der Waals surface area contributed by atoms with E-state index in [-0.39, 0.29) is 5.82 Å². The summed E-state index contributed by atoms with van der Waals surface area (Å²) >= 11 is 5.48. The van der Waals surface area contributed by atoms with E-state index in [1.165, 1.54) is 31.7 Å². The maximum Gasteiger partial charge on any atom is 0.178 e. The second-order valence-electron chi connectivity index (χ2n) is 6.54. The highest BCUT2D eigenvalue weighted by Crippen LogP contribution is 2.52. The first-order valence-corrected chi connectivity index (χ1v) is 7.94. The number of H-pyrrole nitrogens is 1. The highest BCUT2D eigenvalue weighted by Gasteiger charge is 2.42. The van der Waals surface area contributed by atoms with Gasteiger partial charge in [0.1, 0.15) is 5.82 Å². The Bertz CT molecular complexity index is 717. The molecule has 2 fully saturated rings. The van der Waals surface area contributed by atoms with Gasteiger partial charge in [-0.25, -0.2) is 4.39 Å². The minimum absolute atomic E-state index is 0.194. The smallest absolute Gasteiger partial charge is 0.178 e. The van der Waals surface area contributed by atoms with Crippen molar-refractivity contribution in [2.24, 2.45) is 17.8 Å². The van der Waals surface area contributed by atoms with Crippen molar-refractivity contribution in [2.75, 3.05) is 0 Å². The molecule has 0 saturated heterocycles. The predicted molar refractivity (Wildman–Crippen MR) is 80.7 cm³/mol. The number of fused-ring (bicyclic) bond motifs is 3. The summed E-state index contributed by atoms with van der Waals surface area (Å²) < 4.78 is 16.4. The lowest BCUT2D eigenvalue weighted by Gasteiger charge is -2.29. The van der Waals surface area contributed by atoms with Crippen molar-refractivity contribution in [3.8, 4) is 0 Å². The van der Waals surface area contributed by atoms with E-state index >= 15 is 0 Å². The first kappa shape index (κ1) is 12.6. The number of aromatic amines is 1. The summed E-state index contributed by atoms with van der Waals surface area (Å²) in [6, 6.07) is 5.23. The zero-order valence-corrected chi connectivity index (χ0v) is 12.4. The number of aromatic nitrogens is 2. The lowest BCUT2D eigenvalue weighted by Crippen LogP contribution is -2.22. The second-order valence-corrected chi connectivity index (χ2v) is 6.93. The summed E-state index contributed by atoms with van der Waals surface area (Å²) in [5.74, 6) is 2.27. The third kappa shape index (κ3) is 1.77. The van der Waals surface area contributed by atoms with E-state index in [0.717, 1.165) is 27.6 Å². The topological polar surface area (TPSA) is 20.7 Å². The Kier molecular flexibility index (Phi) is 2.78. The zero-order chi connectivity index (χ0) is 13.9. The molecule has 2 bridgehead atoms. The fraction of sp³-hybridized carbons (Fsp3) is 0.562. The van der Waals surface area contributed by atoms with Crippen molar-refractivity contribution >= 4 is 23.3 Å². The quantitative estimate of drug-likeness (QED) is 0.785. The van der Waals surface area contributed by atoms with Crippen LogP contribution < -0.4 is 0 Å². The molecule has 4 unspecified atom stereocenters. The molecule has 2 aliphatic rings. The summed E-state index contributed by atoms with van der Waals surface area (Å²) in [6.45, 7) is 2.25. The fourth-order valence-corrected chi connectivity index (χ4v) is 4.95. The molecule has 1 aromatic heterocycles. The molecule has 2 saturated carbocycles. The fourth-order valence-electron chi connectivity index (χ4n) is 4.58. The van der Waals surface area contributed by atoms with Gasteiger partial charge in [0.15, 0.2) is 4.77 Å². The molecule has 4 atom stereocenters. The van der Waals surface area contributed by atoms with Crippen LogP contribution in [0.4, 0.5) is 4.39 Å². The molecule has 2 aliphatic carbocycles. The minimum atomic E-state index is -0.194. The van der Waals surface area contributed by atoms with Crippen LogP contribution >= 0.6 is 12.2 Å². The van der Waals surface area contributed by atoms with Gasteiger partial charge in [-0.15, -0.1) is 0 Å². The molecule has 2 aromatic rings. The summed E-state index contributed by atoms with van der Waals surface area (Å²) in [5, 5.41) is 0. The van der Waals surface area contributed by atoms with Crippen molar-refractivity contribution in [3.05, 3.63) is 28.8 Å². The number of benzene rings is 1. The Morgan fingerprint density at radius 1 is 1.35 bits per heavy atom. The van der Waals surface area contributed by atoms with Gasteiger partial charge in [0.05, 0.1) is 11.0 Å². The van der Waals surface area contributed by atoms with Gasteiger partial charge in [0, 0.05) is 6.04 Å². The Morgan fingerprint density at radius 3 is 2.90 bits per heavy atom. The lowest BCUT2D eigenvalue weighted by atomic mass is 9.84. The average Bonchev–Trinajstić information content (AvgIpc) is 3.10. The van der Waals surface area contributed by atoms with Gasteiger partial charge in [-0.05, 0) is 74.4 Å². The number of hydrogen-bond acceptors (Lipinski definition) is 1. The molecule has 0 amide bonds. The van der Waals surface area contributed by atoms with Crippen molar-refractivity contribution in [3.63, 3.8) is 0 Å². The average molecular weight is 290 g/mol. The van der Waals surface area contributed by atoms with E-state index in [4.69, 9.17) is 12.2 Å². The van der Waals surface area contributed by atoms with E-state index in [1.54, 1.807) is 12.1 Å². The van der Waals surface area contributed by atoms with Crippen molar-refractivity contribution < 1.29 is 4.39 Å². The number of rotatable bonds is 2. The summed E-state index contributed by atoms with van der Waals surface area (Å²) in [6.07, 6.45) is 5.47. The predicted octanol–water partition coefficient (Wildman–Crippen LogP) is 4.84. The van der Waals surface area contributed by atoms with Crippen LogP contribution in [-0.4, -0.2) is 9.55 Å². The SMILES string of the molecule is CC(C1CC2CCC1C2)n1c(=S)[nH]c2ccc(F)cc21. The first-order valence-electron chi connectivity index (χ1n) is 7.53. The van der Waals surface area contributed by atoms with Crippen LogP contribution in [0.5, 0.6) is 0 Å². The second kappa shape index (κ2) is 4.42. The van der Waals surface area contributed by atoms with E-state index in [0.29, 0.717) is 12.0 Å². The molecule has 4 rings (SSSR count). The maximum atomic E-state index is 13.6. The van der Waals surface area contributed by atoms with Crippen LogP contribution in [0.3, 0.4) is 0 Å². The number of halogens is 1. The normalized spacial score (nSPS) is 30.2. The zero-order valence-electron chi connectivity index (χ0n) is 11.6. The monoisotopic (exact) mass is 290 g/mol. The van der Waals surface area contributed by atoms with E-state index in [1.807, 2.05) is 0 Å². The van der Waals surface area contributed by atoms with E-state index in [2.05, 4.69) is 16.5 Å². The minimum Gasteiger partial charge on any atom is -0.331 e. The third-order valence-electron chi connectivity index (χ3n) is 5.50. The van der Waals surface area contributed by atoms with Crippen LogP contribution in [-0.2, 0) is 0 Å². The molecule has 1 N–H and O–H groups in total. The Balaban J connectivity index is 1.79. The van der Waals surface area contributed by atoms with Gasteiger partial charge in [-0.3, -0.25) is 0 Å². The van der Waals surface area contributed by atoms with E-state index < -0.39 is 0 Å². The van der Waals surface area contributed by atoms with Crippen LogP contribution in [0.25, 0.3) is 11.0 Å². The van der Waals surface area contributed by atoms with Crippen molar-refractivity contribution in [2.45, 2.75) is 38.6 Å². The highest BCUT2D eigenvalue weighted by molar-refractivity contribution is 7.71. The van der Waals surface area contributed by atoms with Gasteiger partial charge in [-0.1, -0.05) is 6.42 Å². The molecule has 106 valence electrons. The molecule has 1 heterocycles. The molecule has 0 radical (unpaired) electrons. The standard InChI is InChI=1S/C16H19FN2S/c1-9(13-7-10-2-3-11(13)6-10)19-15-8-12(17)4-5-14(15)18-16(19)20/h4-5,8-11,13H,2-3,6-7H2,1H3,(H,18,20). The van der Waals surface area contributed by atoms with Gasteiger partial charge >= 0.3 is 0 Å². The lowest BCUT2D eigenvalue weighted by molar-refractivity contribution is 0.245. The Morgan fingerprint density at radius 2 is 2.20 bits per heavy atom. The van der Waals surface area contributed by atoms with Crippen molar-refractivity contribution in [1.82, 2.24) is 9.55 Å². The maximum absolute atomic E-state index is 13.6. The highest BCUT2D eigenvalue weighted by atomic mass is 32.1. The molecule has 0 spiro atoms. The summed E-state index contributed by atoms with van der Waals surface area (Å²) in [4.78, 5) is 3.21. The van der Waals surface area contributed by atoms with Gasteiger partial charge < -0.3 is 9.55 Å². The molecular formula is C16H19FN2S. The van der Waals surface area contributed by atoms with Crippen molar-refractivity contribution in [1.29, 1.82) is 0 Å². The Hall–Kier alpha value is -1.16. The molecule has 1 aromatic carbocycles. The van der Waals surface area contributed by atoms with Crippen LogP contribution in [0.15, 0.2) is 18.2 Å². The van der Waals surface area contributed by atoms with Gasteiger partial charge in [-0.2, -0.15) is 0 Å². The summed E-state index contributed by atoms with van der Waals surface area (Å²) in [5.41, 5.74) is 1.84. The number of imidazole rings is 1. The van der Waals surface area contributed by atoms with E-state index in [9.17, 15) is 4.39 Å². The van der Waals surface area contributed by atoms with Gasteiger partial charge in [0.2, 0.25) is 0 Å². The van der Waals surface area contributed by atoms with Crippen LogP contribution in [0, 0.1) is 28.3 Å². The number of nitrogens with zero attached hydrogens (tertiary/aromatic N) is 1. The molecule has 4 heteroatoms.